The first kappa shape index (κ1) is 11.1. The van der Waals surface area contributed by atoms with Gasteiger partial charge in [-0.15, -0.1) is 5.06 Å². The standard InChI is InChI=1S/C12H19NO/c1-4-11-7-9-12(10-8-11)14-13(5-2)6-3/h7-10H,4-6H2,1-3H3. The second kappa shape index (κ2) is 5.66. The van der Waals surface area contributed by atoms with Gasteiger partial charge in [-0.1, -0.05) is 19.1 Å². The van der Waals surface area contributed by atoms with Crippen molar-refractivity contribution in [2.45, 2.75) is 27.2 Å². The Kier molecular flexibility index (Phi) is 4.47. The maximum Gasteiger partial charge on any atom is 0.147 e. The molecule has 78 valence electrons. The first-order valence-corrected chi connectivity index (χ1v) is 5.32. The summed E-state index contributed by atoms with van der Waals surface area (Å²) in [6.07, 6.45) is 1.07. The zero-order valence-corrected chi connectivity index (χ0v) is 9.29. The summed E-state index contributed by atoms with van der Waals surface area (Å²) in [4.78, 5) is 5.65. The van der Waals surface area contributed by atoms with Gasteiger partial charge in [0.2, 0.25) is 0 Å². The third-order valence-electron chi connectivity index (χ3n) is 2.27. The zero-order valence-electron chi connectivity index (χ0n) is 9.29. The van der Waals surface area contributed by atoms with E-state index in [1.54, 1.807) is 0 Å². The SMILES string of the molecule is CCc1ccc(ON(CC)CC)cc1. The molecule has 0 atom stereocenters. The van der Waals surface area contributed by atoms with Crippen molar-refractivity contribution < 1.29 is 4.84 Å². The van der Waals surface area contributed by atoms with Gasteiger partial charge in [-0.25, -0.2) is 0 Å². The molecule has 0 saturated heterocycles. The molecule has 0 saturated carbocycles. The van der Waals surface area contributed by atoms with Gasteiger partial charge in [0, 0.05) is 13.1 Å². The van der Waals surface area contributed by atoms with Crippen molar-refractivity contribution in [1.29, 1.82) is 0 Å². The summed E-state index contributed by atoms with van der Waals surface area (Å²) in [5.74, 6) is 0.922. The van der Waals surface area contributed by atoms with Crippen LogP contribution in [0.5, 0.6) is 5.75 Å². The van der Waals surface area contributed by atoms with Gasteiger partial charge < -0.3 is 4.84 Å². The predicted molar refractivity (Wildman–Crippen MR) is 59.4 cm³/mol. The Hall–Kier alpha value is -1.02. The molecular weight excluding hydrogens is 174 g/mol. The molecule has 1 aromatic rings. The predicted octanol–water partition coefficient (Wildman–Crippen LogP) is 2.88. The monoisotopic (exact) mass is 193 g/mol. The molecule has 0 spiro atoms. The van der Waals surface area contributed by atoms with E-state index in [1.807, 2.05) is 17.2 Å². The van der Waals surface area contributed by atoms with Gasteiger partial charge in [-0.2, -0.15) is 0 Å². The zero-order chi connectivity index (χ0) is 10.4. The number of benzene rings is 1. The molecule has 0 unspecified atom stereocenters. The molecule has 1 rings (SSSR count). The van der Waals surface area contributed by atoms with Crippen LogP contribution >= 0.6 is 0 Å². The fourth-order valence-corrected chi connectivity index (χ4v) is 1.29. The van der Waals surface area contributed by atoms with Crippen LogP contribution in [0.25, 0.3) is 0 Å². The smallest absolute Gasteiger partial charge is 0.147 e. The van der Waals surface area contributed by atoms with Gasteiger partial charge in [-0.3, -0.25) is 0 Å². The van der Waals surface area contributed by atoms with Crippen molar-refractivity contribution in [2.24, 2.45) is 0 Å². The molecule has 0 N–H and O–H groups in total. The first-order chi connectivity index (χ1) is 6.80. The largest absolute Gasteiger partial charge is 0.406 e. The van der Waals surface area contributed by atoms with Gasteiger partial charge in [-0.05, 0) is 38.0 Å². The molecule has 0 fully saturated rings. The molecule has 0 aromatic heterocycles. The molecule has 0 aliphatic rings. The lowest BCUT2D eigenvalue weighted by Crippen LogP contribution is -2.26. The van der Waals surface area contributed by atoms with Crippen LogP contribution in [-0.2, 0) is 6.42 Å². The van der Waals surface area contributed by atoms with Crippen molar-refractivity contribution >= 4 is 0 Å². The maximum atomic E-state index is 5.65. The minimum atomic E-state index is 0.909. The summed E-state index contributed by atoms with van der Waals surface area (Å²) in [6.45, 7) is 8.14. The van der Waals surface area contributed by atoms with Crippen molar-refractivity contribution in [3.05, 3.63) is 29.8 Å². The van der Waals surface area contributed by atoms with E-state index in [2.05, 4.69) is 32.9 Å². The number of aryl methyl sites for hydroxylation is 1. The summed E-state index contributed by atoms with van der Waals surface area (Å²) in [5, 5.41) is 1.93. The Balaban J connectivity index is 2.58. The second-order valence-electron chi connectivity index (χ2n) is 3.20. The van der Waals surface area contributed by atoms with Crippen LogP contribution in [0, 0.1) is 0 Å². The number of nitrogens with zero attached hydrogens (tertiary/aromatic N) is 1. The number of hydrogen-bond acceptors (Lipinski definition) is 2. The second-order valence-corrected chi connectivity index (χ2v) is 3.20. The average Bonchev–Trinajstić information content (AvgIpc) is 2.26. The van der Waals surface area contributed by atoms with Crippen molar-refractivity contribution in [1.82, 2.24) is 5.06 Å². The van der Waals surface area contributed by atoms with Crippen LogP contribution in [0.15, 0.2) is 24.3 Å². The van der Waals surface area contributed by atoms with E-state index >= 15 is 0 Å². The summed E-state index contributed by atoms with van der Waals surface area (Å²) < 4.78 is 0. The molecular formula is C12H19NO. The highest BCUT2D eigenvalue weighted by atomic mass is 16.7. The molecule has 0 amide bonds. The van der Waals surface area contributed by atoms with Crippen molar-refractivity contribution in [2.75, 3.05) is 13.1 Å². The third kappa shape index (κ3) is 3.04. The van der Waals surface area contributed by atoms with Gasteiger partial charge in [0.25, 0.3) is 0 Å². The van der Waals surface area contributed by atoms with Crippen LogP contribution in [0.1, 0.15) is 26.3 Å². The summed E-state index contributed by atoms with van der Waals surface area (Å²) in [5.41, 5.74) is 1.34. The van der Waals surface area contributed by atoms with Crippen LogP contribution in [0.3, 0.4) is 0 Å². The van der Waals surface area contributed by atoms with Gasteiger partial charge in [0.1, 0.15) is 5.75 Å². The van der Waals surface area contributed by atoms with E-state index in [9.17, 15) is 0 Å². The fraction of sp³-hybridized carbons (Fsp3) is 0.500. The van der Waals surface area contributed by atoms with Crippen LogP contribution < -0.4 is 4.84 Å². The van der Waals surface area contributed by atoms with Crippen LogP contribution in [-0.4, -0.2) is 18.2 Å². The molecule has 2 heteroatoms. The Morgan fingerprint density at radius 1 is 1.00 bits per heavy atom. The van der Waals surface area contributed by atoms with E-state index in [4.69, 9.17) is 4.84 Å². The van der Waals surface area contributed by atoms with E-state index in [-0.39, 0.29) is 0 Å². The molecule has 2 nitrogen and oxygen atoms in total. The van der Waals surface area contributed by atoms with Crippen molar-refractivity contribution in [3.8, 4) is 5.75 Å². The lowest BCUT2D eigenvalue weighted by molar-refractivity contribution is -0.0486. The van der Waals surface area contributed by atoms with Crippen molar-refractivity contribution in [3.63, 3.8) is 0 Å². The van der Waals surface area contributed by atoms with E-state index in [0.717, 1.165) is 25.3 Å². The van der Waals surface area contributed by atoms with Gasteiger partial charge in [0.15, 0.2) is 0 Å². The third-order valence-corrected chi connectivity index (χ3v) is 2.27. The molecule has 1 aromatic carbocycles. The topological polar surface area (TPSA) is 12.5 Å². The van der Waals surface area contributed by atoms with Gasteiger partial charge >= 0.3 is 0 Å². The molecule has 14 heavy (non-hydrogen) atoms. The van der Waals surface area contributed by atoms with E-state index < -0.39 is 0 Å². The Bertz CT molecular complexity index is 252. The van der Waals surface area contributed by atoms with E-state index in [1.165, 1.54) is 5.56 Å². The normalized spacial score (nSPS) is 10.6. The summed E-state index contributed by atoms with van der Waals surface area (Å²) in [6, 6.07) is 8.27. The number of hydrogen-bond donors (Lipinski definition) is 0. The average molecular weight is 193 g/mol. The minimum absolute atomic E-state index is 0.909. The lowest BCUT2D eigenvalue weighted by Gasteiger charge is -2.18. The van der Waals surface area contributed by atoms with Crippen LogP contribution in [0.2, 0.25) is 0 Å². The molecule has 0 aliphatic carbocycles. The quantitative estimate of drug-likeness (QED) is 0.667. The van der Waals surface area contributed by atoms with Crippen LogP contribution in [0.4, 0.5) is 0 Å². The molecule has 0 radical (unpaired) electrons. The summed E-state index contributed by atoms with van der Waals surface area (Å²) >= 11 is 0. The first-order valence-electron chi connectivity index (χ1n) is 5.32. The Labute approximate surface area is 86.4 Å². The maximum absolute atomic E-state index is 5.65. The Morgan fingerprint density at radius 2 is 1.57 bits per heavy atom. The molecule has 0 bridgehead atoms. The minimum Gasteiger partial charge on any atom is -0.406 e. The Morgan fingerprint density at radius 3 is 2.00 bits per heavy atom. The number of hydroxylamine groups is 2. The molecule has 0 heterocycles. The highest BCUT2D eigenvalue weighted by molar-refractivity contribution is 5.26. The van der Waals surface area contributed by atoms with E-state index in [0.29, 0.717) is 0 Å². The highest BCUT2D eigenvalue weighted by Crippen LogP contribution is 2.13. The summed E-state index contributed by atoms with van der Waals surface area (Å²) in [7, 11) is 0. The highest BCUT2D eigenvalue weighted by Gasteiger charge is 2.00. The molecule has 0 aliphatic heterocycles. The van der Waals surface area contributed by atoms with Gasteiger partial charge in [0.05, 0.1) is 0 Å². The fourth-order valence-electron chi connectivity index (χ4n) is 1.29. The number of rotatable bonds is 5. The lowest BCUT2D eigenvalue weighted by atomic mass is 10.2.